The first-order valence-corrected chi connectivity index (χ1v) is 24.0. The molecule has 0 spiro atoms. The van der Waals surface area contributed by atoms with Gasteiger partial charge in [0.05, 0.1) is 0 Å². The Bertz CT molecular complexity index is 1740. The van der Waals surface area contributed by atoms with Gasteiger partial charge in [0, 0.05) is 5.92 Å². The van der Waals surface area contributed by atoms with Crippen molar-refractivity contribution in [1.82, 2.24) is 0 Å². The highest BCUT2D eigenvalue weighted by Crippen LogP contribution is 2.74. The van der Waals surface area contributed by atoms with E-state index in [9.17, 15) is 0 Å². The van der Waals surface area contributed by atoms with Gasteiger partial charge in [-0.1, -0.05) is 89.6 Å². The van der Waals surface area contributed by atoms with Gasteiger partial charge in [-0.05, 0) is 228 Å². The van der Waals surface area contributed by atoms with Crippen LogP contribution < -0.4 is 5.73 Å². The fourth-order valence-corrected chi connectivity index (χ4v) is 18.3. The summed E-state index contributed by atoms with van der Waals surface area (Å²) >= 11 is 0. The molecule has 2 N–H and O–H groups in total. The first kappa shape index (κ1) is 34.0. The van der Waals surface area contributed by atoms with Crippen molar-refractivity contribution in [3.05, 3.63) is 95.2 Å². The first-order valence-electron chi connectivity index (χ1n) is 24.0. The molecule has 0 aliphatic heterocycles. The van der Waals surface area contributed by atoms with Gasteiger partial charge in [-0.25, -0.2) is 0 Å². The summed E-state index contributed by atoms with van der Waals surface area (Å²) in [5.41, 5.74) is 13.9. The lowest BCUT2D eigenvalue weighted by Gasteiger charge is -2.59. The van der Waals surface area contributed by atoms with Crippen LogP contribution >= 0.6 is 0 Å². The third-order valence-electron chi connectivity index (χ3n) is 19.5. The van der Waals surface area contributed by atoms with Crippen molar-refractivity contribution in [1.29, 1.82) is 0 Å². The Hall–Kier alpha value is -2.12. The Kier molecular flexibility index (Phi) is 8.48. The minimum Gasteiger partial charge on any atom is -0.330 e. The van der Waals surface area contributed by atoms with E-state index >= 15 is 0 Å². The Morgan fingerprint density at radius 1 is 0.611 bits per heavy atom. The molecule has 0 amide bonds. The Labute approximate surface area is 327 Å². The van der Waals surface area contributed by atoms with Crippen LogP contribution in [0.2, 0.25) is 0 Å². The van der Waals surface area contributed by atoms with Crippen LogP contribution in [0.3, 0.4) is 0 Å². The molecular formula is C53H69N. The number of fused-ring (bicyclic) bond motifs is 7. The van der Waals surface area contributed by atoms with Gasteiger partial charge in [-0.15, -0.1) is 0 Å². The molecule has 54 heavy (non-hydrogen) atoms. The molecule has 0 saturated heterocycles. The van der Waals surface area contributed by atoms with Gasteiger partial charge in [0.25, 0.3) is 0 Å². The molecule has 1 heteroatoms. The molecule has 0 heterocycles. The summed E-state index contributed by atoms with van der Waals surface area (Å²) in [7, 11) is 0. The van der Waals surface area contributed by atoms with E-state index in [1.54, 1.807) is 5.57 Å². The van der Waals surface area contributed by atoms with E-state index in [-0.39, 0.29) is 0 Å². The molecule has 12 rings (SSSR count). The number of hydrogen-bond donors (Lipinski definition) is 1. The van der Waals surface area contributed by atoms with Crippen LogP contribution in [0.25, 0.3) is 0 Å². The SMILES string of the molecule is NCC/C=C\C[C@@H]1C=CC2=CC3C4=C(C5CCC6CCC1C2C6C35)C(C1C=CCCC1)C1C(CC2C3C=CCCC3C3=CCCC1C32)C4C1C=CCCC1. The molecule has 4 saturated carbocycles. The van der Waals surface area contributed by atoms with Gasteiger partial charge in [-0.2, -0.15) is 0 Å². The molecule has 0 aromatic heterocycles. The van der Waals surface area contributed by atoms with Crippen molar-refractivity contribution in [2.45, 2.75) is 109 Å². The van der Waals surface area contributed by atoms with Gasteiger partial charge >= 0.3 is 0 Å². The Morgan fingerprint density at radius 2 is 1.44 bits per heavy atom. The summed E-state index contributed by atoms with van der Waals surface area (Å²) < 4.78 is 0. The standard InChI is InChI=1S/C53H69N/c54-28-11-3-8-13-31-22-23-35-29-43-51-41(27-25-34-24-26-36(31)46(35)47(34)51)52-48(33-16-6-2-7-17-33)50-40-21-12-20-39-37-18-9-10-19-38(37)42(49(39)40)30-44(50)45(53(43)52)32-14-4-1-5-15-32/h3-4,6,8,10,14,16,19-20,22-23,29,31-34,36-38,40-51H,1-2,5,7,9,11-13,15,17-18,21,24-28,30,54H2/b8-3-/t31-,32?,33?,34?,36?,37?,38?,40?,41?,42?,43?,44?,45?,46?,47?,48?,49?,50?,51?/m1/s1. The number of nitrogens with two attached hydrogens (primary N) is 1. The quantitative estimate of drug-likeness (QED) is 0.272. The van der Waals surface area contributed by atoms with E-state index in [0.29, 0.717) is 0 Å². The maximum atomic E-state index is 5.89. The van der Waals surface area contributed by atoms with E-state index in [1.807, 2.05) is 5.57 Å². The van der Waals surface area contributed by atoms with Crippen LogP contribution in [-0.2, 0) is 0 Å². The second-order valence-electron chi connectivity index (χ2n) is 21.2. The highest BCUT2D eigenvalue weighted by Gasteiger charge is 2.67. The molecule has 0 aromatic carbocycles. The average Bonchev–Trinajstić information content (AvgIpc) is 3.73. The lowest BCUT2D eigenvalue weighted by molar-refractivity contribution is -0.0360. The first-order chi connectivity index (χ1) is 26.8. The van der Waals surface area contributed by atoms with Crippen LogP contribution in [0.4, 0.5) is 0 Å². The fraction of sp³-hybridized carbons (Fsp3) is 0.698. The predicted octanol–water partition coefficient (Wildman–Crippen LogP) is 12.4. The van der Waals surface area contributed by atoms with Crippen LogP contribution in [0.5, 0.6) is 0 Å². The normalized spacial score (nSPS) is 51.6. The third kappa shape index (κ3) is 4.90. The molecule has 286 valence electrons. The van der Waals surface area contributed by atoms with Gasteiger partial charge in [-0.3, -0.25) is 0 Å². The Balaban J connectivity index is 1.02. The van der Waals surface area contributed by atoms with Crippen molar-refractivity contribution in [2.24, 2.45) is 118 Å². The van der Waals surface area contributed by atoms with E-state index in [0.717, 1.165) is 125 Å². The minimum atomic E-state index is 0.718. The van der Waals surface area contributed by atoms with Gasteiger partial charge in [0.2, 0.25) is 0 Å². The summed E-state index contributed by atoms with van der Waals surface area (Å²) in [5, 5.41) is 0. The number of allylic oxidation sites excluding steroid dienone is 15. The van der Waals surface area contributed by atoms with Crippen molar-refractivity contribution in [3.8, 4) is 0 Å². The highest BCUT2D eigenvalue weighted by molar-refractivity contribution is 5.48. The molecule has 12 aliphatic rings. The van der Waals surface area contributed by atoms with Crippen molar-refractivity contribution < 1.29 is 0 Å². The van der Waals surface area contributed by atoms with E-state index in [2.05, 4.69) is 84.1 Å². The smallest absolute Gasteiger partial charge is 0.00256 e. The summed E-state index contributed by atoms with van der Waals surface area (Å²) in [6, 6.07) is 0. The van der Waals surface area contributed by atoms with Crippen LogP contribution in [-0.4, -0.2) is 6.54 Å². The van der Waals surface area contributed by atoms with Crippen LogP contribution in [0.15, 0.2) is 95.2 Å². The molecule has 12 aliphatic carbocycles. The minimum absolute atomic E-state index is 0.718. The van der Waals surface area contributed by atoms with E-state index < -0.39 is 0 Å². The second kappa shape index (κ2) is 13.5. The lowest BCUT2D eigenvalue weighted by Crippen LogP contribution is -2.52. The van der Waals surface area contributed by atoms with Crippen LogP contribution in [0, 0.1) is 112 Å². The summed E-state index contributed by atoms with van der Waals surface area (Å²) in [6.45, 7) is 0.775. The molecule has 4 fully saturated rings. The maximum Gasteiger partial charge on any atom is 0.00256 e. The fourth-order valence-electron chi connectivity index (χ4n) is 18.3. The molecular weight excluding hydrogens is 651 g/mol. The topological polar surface area (TPSA) is 26.0 Å². The van der Waals surface area contributed by atoms with Crippen LogP contribution in [0.1, 0.15) is 109 Å². The van der Waals surface area contributed by atoms with E-state index in [4.69, 9.17) is 5.73 Å². The molecule has 0 bridgehead atoms. The Morgan fingerprint density at radius 3 is 2.28 bits per heavy atom. The zero-order valence-electron chi connectivity index (χ0n) is 33.2. The third-order valence-corrected chi connectivity index (χ3v) is 19.5. The monoisotopic (exact) mass is 720 g/mol. The zero-order chi connectivity index (χ0) is 35.5. The van der Waals surface area contributed by atoms with Crippen molar-refractivity contribution in [2.75, 3.05) is 6.54 Å². The van der Waals surface area contributed by atoms with Crippen molar-refractivity contribution >= 4 is 0 Å². The summed E-state index contributed by atoms with van der Waals surface area (Å²) in [5.74, 6) is 16.1. The average molecular weight is 720 g/mol. The van der Waals surface area contributed by atoms with Gasteiger partial charge in [0.15, 0.2) is 0 Å². The van der Waals surface area contributed by atoms with Gasteiger partial charge in [0.1, 0.15) is 0 Å². The van der Waals surface area contributed by atoms with Crippen molar-refractivity contribution in [3.63, 3.8) is 0 Å². The summed E-state index contributed by atoms with van der Waals surface area (Å²) in [6.07, 6.45) is 56.2. The molecule has 18 unspecified atom stereocenters. The molecule has 1 nitrogen and oxygen atoms in total. The number of rotatable bonds is 6. The van der Waals surface area contributed by atoms with E-state index in [1.165, 1.54) is 103 Å². The highest BCUT2D eigenvalue weighted by atomic mass is 14.7. The molecule has 19 atom stereocenters. The zero-order valence-corrected chi connectivity index (χ0v) is 33.2. The lowest BCUT2D eigenvalue weighted by atomic mass is 9.45. The molecule has 0 aromatic rings. The van der Waals surface area contributed by atoms with Gasteiger partial charge < -0.3 is 5.73 Å². The maximum absolute atomic E-state index is 5.89. The second-order valence-corrected chi connectivity index (χ2v) is 21.2. The summed E-state index contributed by atoms with van der Waals surface area (Å²) in [4.78, 5) is 0. The largest absolute Gasteiger partial charge is 0.330 e. The predicted molar refractivity (Wildman–Crippen MR) is 223 cm³/mol. The molecule has 0 radical (unpaired) electrons. The number of hydrogen-bond acceptors (Lipinski definition) is 1.